The SMILES string of the molecule is Cc1cc(C)c(C(NN)c2cc(F)ccc2Cl)c(C)c1. The van der Waals surface area contributed by atoms with Crippen LogP contribution in [0, 0.1) is 26.6 Å². The molecular weight excluding hydrogens is 275 g/mol. The number of rotatable bonds is 3. The Labute approximate surface area is 123 Å². The topological polar surface area (TPSA) is 38.0 Å². The van der Waals surface area contributed by atoms with Gasteiger partial charge in [0.15, 0.2) is 0 Å². The highest BCUT2D eigenvalue weighted by Gasteiger charge is 2.20. The van der Waals surface area contributed by atoms with E-state index in [1.165, 1.54) is 17.7 Å². The van der Waals surface area contributed by atoms with Crippen LogP contribution < -0.4 is 11.3 Å². The lowest BCUT2D eigenvalue weighted by Crippen LogP contribution is -2.30. The Morgan fingerprint density at radius 2 is 1.70 bits per heavy atom. The molecule has 0 saturated carbocycles. The van der Waals surface area contributed by atoms with Gasteiger partial charge in [0.2, 0.25) is 0 Å². The van der Waals surface area contributed by atoms with E-state index in [2.05, 4.69) is 17.6 Å². The number of hydrogen-bond acceptors (Lipinski definition) is 2. The number of benzene rings is 2. The minimum atomic E-state index is -0.334. The average molecular weight is 293 g/mol. The molecule has 2 nitrogen and oxygen atoms in total. The first-order valence-electron chi connectivity index (χ1n) is 6.43. The Morgan fingerprint density at radius 1 is 1.10 bits per heavy atom. The Morgan fingerprint density at radius 3 is 2.25 bits per heavy atom. The Bertz CT molecular complexity index is 617. The smallest absolute Gasteiger partial charge is 0.123 e. The predicted molar refractivity (Wildman–Crippen MR) is 81.2 cm³/mol. The van der Waals surface area contributed by atoms with Crippen LogP contribution in [-0.4, -0.2) is 0 Å². The zero-order valence-corrected chi connectivity index (χ0v) is 12.6. The summed E-state index contributed by atoms with van der Waals surface area (Å²) in [7, 11) is 0. The summed E-state index contributed by atoms with van der Waals surface area (Å²) in [5.74, 6) is 5.37. The van der Waals surface area contributed by atoms with Crippen LogP contribution in [0.15, 0.2) is 30.3 Å². The maximum atomic E-state index is 13.5. The quantitative estimate of drug-likeness (QED) is 0.664. The summed E-state index contributed by atoms with van der Waals surface area (Å²) in [6, 6.07) is 8.15. The fraction of sp³-hybridized carbons (Fsp3) is 0.250. The van der Waals surface area contributed by atoms with Crippen LogP contribution in [0.1, 0.15) is 33.9 Å². The van der Waals surface area contributed by atoms with Crippen molar-refractivity contribution in [3.63, 3.8) is 0 Å². The van der Waals surface area contributed by atoms with E-state index in [0.29, 0.717) is 10.6 Å². The number of hydrogen-bond donors (Lipinski definition) is 2. The summed E-state index contributed by atoms with van der Waals surface area (Å²) < 4.78 is 13.5. The largest absolute Gasteiger partial charge is 0.271 e. The highest BCUT2D eigenvalue weighted by Crippen LogP contribution is 2.32. The van der Waals surface area contributed by atoms with Crippen molar-refractivity contribution >= 4 is 11.6 Å². The second kappa shape index (κ2) is 5.92. The molecule has 106 valence electrons. The van der Waals surface area contributed by atoms with Gasteiger partial charge < -0.3 is 0 Å². The lowest BCUT2D eigenvalue weighted by molar-refractivity contribution is 0.602. The molecule has 2 aromatic carbocycles. The lowest BCUT2D eigenvalue weighted by atomic mass is 9.90. The van der Waals surface area contributed by atoms with Crippen LogP contribution in [0.4, 0.5) is 4.39 Å². The van der Waals surface area contributed by atoms with Crippen LogP contribution >= 0.6 is 11.6 Å². The molecular formula is C16H18ClFN2. The number of nitrogens with two attached hydrogens (primary N) is 1. The first-order chi connectivity index (χ1) is 9.43. The molecule has 0 amide bonds. The van der Waals surface area contributed by atoms with Crippen LogP contribution in [0.2, 0.25) is 5.02 Å². The normalized spacial score (nSPS) is 12.5. The van der Waals surface area contributed by atoms with Crippen LogP contribution in [0.5, 0.6) is 0 Å². The first kappa shape index (κ1) is 15.0. The first-order valence-corrected chi connectivity index (χ1v) is 6.80. The van der Waals surface area contributed by atoms with E-state index in [0.717, 1.165) is 16.7 Å². The van der Waals surface area contributed by atoms with Gasteiger partial charge in [-0.2, -0.15) is 0 Å². The van der Waals surface area contributed by atoms with E-state index in [1.54, 1.807) is 6.07 Å². The van der Waals surface area contributed by atoms with E-state index < -0.39 is 0 Å². The molecule has 0 heterocycles. The van der Waals surface area contributed by atoms with Crippen LogP contribution in [-0.2, 0) is 0 Å². The van der Waals surface area contributed by atoms with E-state index in [-0.39, 0.29) is 11.9 Å². The molecule has 0 radical (unpaired) electrons. The Balaban J connectivity index is 2.61. The fourth-order valence-electron chi connectivity index (χ4n) is 2.71. The molecule has 2 aromatic rings. The van der Waals surface area contributed by atoms with Crippen molar-refractivity contribution in [2.75, 3.05) is 0 Å². The van der Waals surface area contributed by atoms with Gasteiger partial charge in [0.1, 0.15) is 5.82 Å². The standard InChI is InChI=1S/C16H18ClFN2/c1-9-6-10(2)15(11(3)7-9)16(20-19)13-8-12(18)4-5-14(13)17/h4-8,16,20H,19H2,1-3H3. The van der Waals surface area contributed by atoms with Crippen molar-refractivity contribution in [3.05, 3.63) is 69.0 Å². The van der Waals surface area contributed by atoms with Crippen molar-refractivity contribution in [1.29, 1.82) is 0 Å². The summed E-state index contributed by atoms with van der Waals surface area (Å²) in [5.41, 5.74) is 7.82. The van der Waals surface area contributed by atoms with Crippen molar-refractivity contribution in [2.24, 2.45) is 5.84 Å². The molecule has 0 saturated heterocycles. The molecule has 0 aliphatic heterocycles. The van der Waals surface area contributed by atoms with Gasteiger partial charge in [-0.15, -0.1) is 0 Å². The summed E-state index contributed by atoms with van der Waals surface area (Å²) in [4.78, 5) is 0. The molecule has 20 heavy (non-hydrogen) atoms. The van der Waals surface area contributed by atoms with Crippen molar-refractivity contribution in [1.82, 2.24) is 5.43 Å². The lowest BCUT2D eigenvalue weighted by Gasteiger charge is -2.23. The van der Waals surface area contributed by atoms with Gasteiger partial charge in [-0.1, -0.05) is 29.3 Å². The molecule has 0 aliphatic carbocycles. The minimum absolute atomic E-state index is 0.327. The minimum Gasteiger partial charge on any atom is -0.271 e. The molecule has 0 aliphatic rings. The van der Waals surface area contributed by atoms with Gasteiger partial charge >= 0.3 is 0 Å². The highest BCUT2D eigenvalue weighted by atomic mass is 35.5. The second-order valence-electron chi connectivity index (χ2n) is 5.08. The predicted octanol–water partition coefficient (Wildman–Crippen LogP) is 3.96. The molecule has 1 atom stereocenters. The van der Waals surface area contributed by atoms with Gasteiger partial charge in [-0.25, -0.2) is 9.82 Å². The zero-order chi connectivity index (χ0) is 14.9. The summed E-state index contributed by atoms with van der Waals surface area (Å²) in [5, 5.41) is 0.494. The number of aryl methyl sites for hydroxylation is 3. The highest BCUT2D eigenvalue weighted by molar-refractivity contribution is 6.31. The third-order valence-corrected chi connectivity index (χ3v) is 3.81. The van der Waals surface area contributed by atoms with E-state index >= 15 is 0 Å². The second-order valence-corrected chi connectivity index (χ2v) is 5.49. The summed E-state index contributed by atoms with van der Waals surface area (Å²) in [6.07, 6.45) is 0. The van der Waals surface area contributed by atoms with E-state index in [4.69, 9.17) is 17.4 Å². The van der Waals surface area contributed by atoms with Crippen molar-refractivity contribution in [3.8, 4) is 0 Å². The van der Waals surface area contributed by atoms with Crippen LogP contribution in [0.25, 0.3) is 0 Å². The molecule has 0 aromatic heterocycles. The molecule has 0 fully saturated rings. The van der Waals surface area contributed by atoms with Crippen molar-refractivity contribution < 1.29 is 4.39 Å². The number of halogens is 2. The Hall–Kier alpha value is -1.42. The molecule has 1 unspecified atom stereocenters. The van der Waals surface area contributed by atoms with Gasteiger partial charge in [0.05, 0.1) is 6.04 Å². The molecule has 4 heteroatoms. The average Bonchev–Trinajstić information content (AvgIpc) is 2.37. The number of nitrogens with one attached hydrogen (secondary N) is 1. The molecule has 0 spiro atoms. The maximum absolute atomic E-state index is 13.5. The molecule has 3 N–H and O–H groups in total. The monoisotopic (exact) mass is 292 g/mol. The third-order valence-electron chi connectivity index (χ3n) is 3.46. The Kier molecular flexibility index (Phi) is 4.43. The maximum Gasteiger partial charge on any atom is 0.123 e. The van der Waals surface area contributed by atoms with Crippen LogP contribution in [0.3, 0.4) is 0 Å². The van der Waals surface area contributed by atoms with Gasteiger partial charge in [0.25, 0.3) is 0 Å². The molecule has 0 bridgehead atoms. The third kappa shape index (κ3) is 2.85. The van der Waals surface area contributed by atoms with E-state index in [9.17, 15) is 4.39 Å². The van der Waals surface area contributed by atoms with Gasteiger partial charge in [0, 0.05) is 5.02 Å². The fourth-order valence-corrected chi connectivity index (χ4v) is 2.94. The van der Waals surface area contributed by atoms with Gasteiger partial charge in [-0.05, 0) is 61.2 Å². The summed E-state index contributed by atoms with van der Waals surface area (Å²) in [6.45, 7) is 6.09. The summed E-state index contributed by atoms with van der Waals surface area (Å²) >= 11 is 6.19. The zero-order valence-electron chi connectivity index (χ0n) is 11.8. The van der Waals surface area contributed by atoms with Crippen molar-refractivity contribution in [2.45, 2.75) is 26.8 Å². The van der Waals surface area contributed by atoms with E-state index in [1.807, 2.05) is 20.8 Å². The van der Waals surface area contributed by atoms with Gasteiger partial charge in [-0.3, -0.25) is 5.84 Å². The number of hydrazine groups is 1. The molecule has 2 rings (SSSR count).